The van der Waals surface area contributed by atoms with E-state index < -0.39 is 0 Å². The highest BCUT2D eigenvalue weighted by Gasteiger charge is 2.34. The van der Waals surface area contributed by atoms with Crippen LogP contribution in [0.15, 0.2) is 5.38 Å². The number of aromatic nitrogens is 1. The van der Waals surface area contributed by atoms with Gasteiger partial charge < -0.3 is 10.1 Å². The smallest absolute Gasteiger partial charge is 0.110 e. The van der Waals surface area contributed by atoms with Crippen LogP contribution in [0.1, 0.15) is 50.4 Å². The molecule has 0 aliphatic heterocycles. The van der Waals surface area contributed by atoms with Crippen LogP contribution < -0.4 is 5.32 Å². The lowest BCUT2D eigenvalue weighted by atomic mass is 9.93. The molecular formula is C14H24N2OS. The number of methoxy groups -OCH3 is 1. The second kappa shape index (κ2) is 5.68. The third-order valence-electron chi connectivity index (χ3n) is 3.32. The summed E-state index contributed by atoms with van der Waals surface area (Å²) in [7, 11) is 1.74. The van der Waals surface area contributed by atoms with Crippen molar-refractivity contribution in [3.8, 4) is 0 Å². The third-order valence-corrected chi connectivity index (χ3v) is 4.25. The first-order chi connectivity index (χ1) is 8.52. The molecular weight excluding hydrogens is 244 g/mol. The van der Waals surface area contributed by atoms with Crippen LogP contribution in [-0.2, 0) is 10.2 Å². The molecule has 0 spiro atoms. The number of nitrogens with one attached hydrogen (secondary N) is 1. The lowest BCUT2D eigenvalue weighted by Crippen LogP contribution is -2.26. The summed E-state index contributed by atoms with van der Waals surface area (Å²) in [6, 6.07) is 0.432. The zero-order chi connectivity index (χ0) is 13.2. The van der Waals surface area contributed by atoms with Crippen molar-refractivity contribution in [3.05, 3.63) is 16.1 Å². The SMILES string of the molecule is COCCNC(c1nc(C(C)(C)C)cs1)C1CC1. The minimum atomic E-state index is 0.148. The van der Waals surface area contributed by atoms with Crippen molar-refractivity contribution in [1.29, 1.82) is 0 Å². The van der Waals surface area contributed by atoms with Gasteiger partial charge in [-0.1, -0.05) is 20.8 Å². The maximum absolute atomic E-state index is 5.11. The van der Waals surface area contributed by atoms with E-state index in [1.807, 2.05) is 0 Å². The molecule has 1 aromatic heterocycles. The quantitative estimate of drug-likeness (QED) is 0.805. The first-order valence-electron chi connectivity index (χ1n) is 6.70. The fraction of sp³-hybridized carbons (Fsp3) is 0.786. The summed E-state index contributed by atoms with van der Waals surface area (Å²) in [6.45, 7) is 8.33. The Morgan fingerprint density at radius 2 is 2.22 bits per heavy atom. The van der Waals surface area contributed by atoms with Gasteiger partial charge in [-0.05, 0) is 18.8 Å². The Hall–Kier alpha value is -0.450. The molecule has 0 amide bonds. The van der Waals surface area contributed by atoms with Crippen LogP contribution in [0.3, 0.4) is 0 Å². The van der Waals surface area contributed by atoms with Gasteiger partial charge in [-0.15, -0.1) is 11.3 Å². The monoisotopic (exact) mass is 268 g/mol. The van der Waals surface area contributed by atoms with Crippen molar-refractivity contribution in [2.45, 2.75) is 45.1 Å². The molecule has 1 N–H and O–H groups in total. The van der Waals surface area contributed by atoms with E-state index in [9.17, 15) is 0 Å². The Morgan fingerprint density at radius 1 is 1.50 bits per heavy atom. The second-order valence-corrected chi connectivity index (χ2v) is 6.97. The van der Waals surface area contributed by atoms with Gasteiger partial charge in [0.25, 0.3) is 0 Å². The van der Waals surface area contributed by atoms with Crippen molar-refractivity contribution in [2.75, 3.05) is 20.3 Å². The summed E-state index contributed by atoms with van der Waals surface area (Å²) in [5.41, 5.74) is 1.36. The molecule has 1 unspecified atom stereocenters. The summed E-state index contributed by atoms with van der Waals surface area (Å²) in [4.78, 5) is 4.84. The molecule has 3 nitrogen and oxygen atoms in total. The predicted octanol–water partition coefficient (Wildman–Crippen LogP) is 3.13. The van der Waals surface area contributed by atoms with E-state index in [-0.39, 0.29) is 5.41 Å². The van der Waals surface area contributed by atoms with Crippen LogP contribution in [0.5, 0.6) is 0 Å². The van der Waals surface area contributed by atoms with Crippen molar-refractivity contribution < 1.29 is 4.74 Å². The molecule has 1 aromatic rings. The molecule has 2 rings (SSSR count). The molecule has 1 aliphatic carbocycles. The van der Waals surface area contributed by atoms with E-state index >= 15 is 0 Å². The number of thiazole rings is 1. The zero-order valence-corrected chi connectivity index (χ0v) is 12.6. The Bertz CT molecular complexity index is 379. The van der Waals surface area contributed by atoms with Gasteiger partial charge in [0, 0.05) is 24.4 Å². The van der Waals surface area contributed by atoms with Gasteiger partial charge in [0.1, 0.15) is 5.01 Å². The van der Waals surface area contributed by atoms with Crippen molar-refractivity contribution in [1.82, 2.24) is 10.3 Å². The van der Waals surface area contributed by atoms with Crippen LogP contribution in [0.25, 0.3) is 0 Å². The molecule has 1 saturated carbocycles. The standard InChI is InChI=1S/C14H24N2OS/c1-14(2,3)11-9-18-13(16-11)12(10-5-6-10)15-7-8-17-4/h9-10,12,15H,5-8H2,1-4H3. The minimum Gasteiger partial charge on any atom is -0.383 e. The molecule has 1 aliphatic rings. The average molecular weight is 268 g/mol. The Labute approximate surface area is 114 Å². The van der Waals surface area contributed by atoms with E-state index in [0.717, 1.165) is 19.1 Å². The van der Waals surface area contributed by atoms with E-state index in [2.05, 4.69) is 31.5 Å². The molecule has 0 aromatic carbocycles. The van der Waals surface area contributed by atoms with Crippen molar-refractivity contribution in [3.63, 3.8) is 0 Å². The first-order valence-corrected chi connectivity index (χ1v) is 7.58. The molecule has 0 bridgehead atoms. The number of hydrogen-bond donors (Lipinski definition) is 1. The first kappa shape index (κ1) is 14.0. The average Bonchev–Trinajstić information content (AvgIpc) is 2.99. The van der Waals surface area contributed by atoms with Crippen LogP contribution in [-0.4, -0.2) is 25.2 Å². The van der Waals surface area contributed by atoms with E-state index in [1.165, 1.54) is 23.5 Å². The van der Waals surface area contributed by atoms with Gasteiger partial charge in [0.15, 0.2) is 0 Å². The highest BCUT2D eigenvalue weighted by atomic mass is 32.1. The largest absolute Gasteiger partial charge is 0.383 e. The van der Waals surface area contributed by atoms with E-state index in [1.54, 1.807) is 18.4 Å². The maximum atomic E-state index is 5.11. The molecule has 1 atom stereocenters. The fourth-order valence-electron chi connectivity index (χ4n) is 1.98. The summed E-state index contributed by atoms with van der Waals surface area (Å²) >= 11 is 1.80. The van der Waals surface area contributed by atoms with Crippen LogP contribution >= 0.6 is 11.3 Å². The van der Waals surface area contributed by atoms with Crippen LogP contribution in [0.2, 0.25) is 0 Å². The third kappa shape index (κ3) is 3.53. The number of ether oxygens (including phenoxy) is 1. The lowest BCUT2D eigenvalue weighted by molar-refractivity contribution is 0.194. The molecule has 1 heterocycles. The second-order valence-electron chi connectivity index (χ2n) is 6.08. The van der Waals surface area contributed by atoms with E-state index in [0.29, 0.717) is 6.04 Å². The molecule has 18 heavy (non-hydrogen) atoms. The van der Waals surface area contributed by atoms with Gasteiger partial charge in [-0.25, -0.2) is 4.98 Å². The summed E-state index contributed by atoms with van der Waals surface area (Å²) in [5, 5.41) is 7.05. The summed E-state index contributed by atoms with van der Waals surface area (Å²) in [6.07, 6.45) is 2.66. The number of rotatable bonds is 6. The molecule has 1 fully saturated rings. The number of hydrogen-bond acceptors (Lipinski definition) is 4. The minimum absolute atomic E-state index is 0.148. The number of nitrogens with zero attached hydrogens (tertiary/aromatic N) is 1. The maximum Gasteiger partial charge on any atom is 0.110 e. The molecule has 4 heteroatoms. The Kier molecular flexibility index (Phi) is 4.41. The summed E-state index contributed by atoms with van der Waals surface area (Å²) in [5.74, 6) is 0.779. The highest BCUT2D eigenvalue weighted by molar-refractivity contribution is 7.09. The van der Waals surface area contributed by atoms with Gasteiger partial charge >= 0.3 is 0 Å². The Morgan fingerprint density at radius 3 is 2.72 bits per heavy atom. The zero-order valence-electron chi connectivity index (χ0n) is 11.8. The highest BCUT2D eigenvalue weighted by Crippen LogP contribution is 2.42. The summed E-state index contributed by atoms with van der Waals surface area (Å²) < 4.78 is 5.11. The van der Waals surface area contributed by atoms with Crippen molar-refractivity contribution >= 4 is 11.3 Å². The molecule has 0 radical (unpaired) electrons. The topological polar surface area (TPSA) is 34.1 Å². The van der Waals surface area contributed by atoms with Gasteiger partial charge in [0.2, 0.25) is 0 Å². The lowest BCUT2D eigenvalue weighted by Gasteiger charge is -2.17. The molecule has 102 valence electrons. The van der Waals surface area contributed by atoms with Gasteiger partial charge in [-0.3, -0.25) is 0 Å². The van der Waals surface area contributed by atoms with Crippen LogP contribution in [0, 0.1) is 5.92 Å². The Balaban J connectivity index is 2.04. The normalized spacial score (nSPS) is 18.0. The van der Waals surface area contributed by atoms with Crippen LogP contribution in [0.4, 0.5) is 0 Å². The fourth-order valence-corrected chi connectivity index (χ4v) is 3.19. The van der Waals surface area contributed by atoms with Crippen molar-refractivity contribution in [2.24, 2.45) is 5.92 Å². The van der Waals surface area contributed by atoms with Gasteiger partial charge in [0.05, 0.1) is 18.3 Å². The van der Waals surface area contributed by atoms with Gasteiger partial charge in [-0.2, -0.15) is 0 Å². The predicted molar refractivity (Wildman–Crippen MR) is 76.2 cm³/mol. The van der Waals surface area contributed by atoms with E-state index in [4.69, 9.17) is 9.72 Å². The molecule has 0 saturated heterocycles.